The number of hydrogen-bond acceptors (Lipinski definition) is 5. The van der Waals surface area contributed by atoms with Crippen LogP contribution in [0.25, 0.3) is 22.3 Å². The van der Waals surface area contributed by atoms with Crippen LogP contribution in [0.5, 0.6) is 0 Å². The number of nitriles is 1. The fourth-order valence-electron chi connectivity index (χ4n) is 2.57. The van der Waals surface area contributed by atoms with Crippen LogP contribution < -0.4 is 5.73 Å². The molecule has 0 saturated carbocycles. The Hall–Kier alpha value is -3.17. The SMILES string of the molecule is N#Cc1cccc(-c2cc(-c3ccc(C[SH](=O)=O)cc3)cnc2N)c1. The van der Waals surface area contributed by atoms with Crippen molar-refractivity contribution in [2.24, 2.45) is 0 Å². The zero-order valence-corrected chi connectivity index (χ0v) is 14.1. The second-order valence-electron chi connectivity index (χ2n) is 5.54. The molecule has 3 aromatic rings. The molecule has 1 aromatic heterocycles. The first-order valence-electron chi connectivity index (χ1n) is 7.54. The normalized spacial score (nSPS) is 10.6. The summed E-state index contributed by atoms with van der Waals surface area (Å²) in [5, 5.41) is 9.06. The summed E-state index contributed by atoms with van der Waals surface area (Å²) in [6.45, 7) is 0. The fraction of sp³-hybridized carbons (Fsp3) is 0.0526. The van der Waals surface area contributed by atoms with Gasteiger partial charge in [-0.05, 0) is 34.9 Å². The highest BCUT2D eigenvalue weighted by Crippen LogP contribution is 2.30. The lowest BCUT2D eigenvalue weighted by atomic mass is 9.99. The molecule has 2 N–H and O–H groups in total. The zero-order chi connectivity index (χ0) is 17.8. The fourth-order valence-corrected chi connectivity index (χ4v) is 3.08. The van der Waals surface area contributed by atoms with Crippen LogP contribution in [0.2, 0.25) is 0 Å². The number of thiol groups is 1. The van der Waals surface area contributed by atoms with E-state index in [1.54, 1.807) is 36.5 Å². The summed E-state index contributed by atoms with van der Waals surface area (Å²) in [7, 11) is -2.44. The van der Waals surface area contributed by atoms with Crippen molar-refractivity contribution in [2.75, 3.05) is 5.73 Å². The van der Waals surface area contributed by atoms with E-state index in [-0.39, 0.29) is 5.75 Å². The highest BCUT2D eigenvalue weighted by atomic mass is 32.2. The lowest BCUT2D eigenvalue weighted by Gasteiger charge is -2.09. The maximum Gasteiger partial charge on any atom is 0.144 e. The van der Waals surface area contributed by atoms with Gasteiger partial charge in [0.25, 0.3) is 0 Å². The Morgan fingerprint density at radius 1 is 1.00 bits per heavy atom. The lowest BCUT2D eigenvalue weighted by Crippen LogP contribution is -1.95. The third-order valence-electron chi connectivity index (χ3n) is 3.82. The van der Waals surface area contributed by atoms with Gasteiger partial charge in [-0.25, -0.2) is 13.4 Å². The van der Waals surface area contributed by atoms with Gasteiger partial charge in [0, 0.05) is 17.3 Å². The highest BCUT2D eigenvalue weighted by Gasteiger charge is 2.08. The number of rotatable bonds is 4. The van der Waals surface area contributed by atoms with Gasteiger partial charge in [-0.15, -0.1) is 0 Å². The van der Waals surface area contributed by atoms with E-state index in [9.17, 15) is 8.42 Å². The van der Waals surface area contributed by atoms with E-state index in [1.807, 2.05) is 24.3 Å². The molecule has 0 atom stereocenters. The lowest BCUT2D eigenvalue weighted by molar-refractivity contribution is 0.614. The summed E-state index contributed by atoms with van der Waals surface area (Å²) in [4.78, 5) is 4.26. The smallest absolute Gasteiger partial charge is 0.144 e. The molecular weight excluding hydrogens is 334 g/mol. The maximum absolute atomic E-state index is 10.8. The summed E-state index contributed by atoms with van der Waals surface area (Å²) in [6.07, 6.45) is 1.68. The first-order valence-corrected chi connectivity index (χ1v) is 8.90. The summed E-state index contributed by atoms with van der Waals surface area (Å²) in [5.74, 6) is 0.417. The summed E-state index contributed by atoms with van der Waals surface area (Å²) >= 11 is 0. The van der Waals surface area contributed by atoms with Gasteiger partial charge in [-0.3, -0.25) is 0 Å². The van der Waals surface area contributed by atoms with Gasteiger partial charge in [0.1, 0.15) is 16.5 Å². The highest BCUT2D eigenvalue weighted by molar-refractivity contribution is 7.71. The average Bonchev–Trinajstić information content (AvgIpc) is 2.62. The largest absolute Gasteiger partial charge is 0.383 e. The molecule has 0 bridgehead atoms. The minimum Gasteiger partial charge on any atom is -0.383 e. The molecule has 0 aliphatic heterocycles. The number of benzene rings is 2. The summed E-state index contributed by atoms with van der Waals surface area (Å²) in [6, 6.07) is 18.5. The van der Waals surface area contributed by atoms with Crippen LogP contribution in [0.3, 0.4) is 0 Å². The molecule has 1 heterocycles. The summed E-state index contributed by atoms with van der Waals surface area (Å²) in [5.41, 5.74) is 10.7. The third-order valence-corrected chi connectivity index (χ3v) is 4.44. The van der Waals surface area contributed by atoms with Gasteiger partial charge >= 0.3 is 0 Å². The molecule has 0 aliphatic rings. The number of aromatic nitrogens is 1. The van der Waals surface area contributed by atoms with Crippen molar-refractivity contribution in [3.05, 3.63) is 71.9 Å². The van der Waals surface area contributed by atoms with Gasteiger partial charge in [-0.1, -0.05) is 36.4 Å². The molecule has 0 radical (unpaired) electrons. The van der Waals surface area contributed by atoms with Crippen LogP contribution in [0.15, 0.2) is 60.8 Å². The average molecular weight is 349 g/mol. The molecule has 25 heavy (non-hydrogen) atoms. The monoisotopic (exact) mass is 349 g/mol. The van der Waals surface area contributed by atoms with E-state index < -0.39 is 10.7 Å². The number of nitrogens with two attached hydrogens (primary N) is 1. The predicted octanol–water partition coefficient (Wildman–Crippen LogP) is 2.98. The van der Waals surface area contributed by atoms with E-state index in [2.05, 4.69) is 11.1 Å². The Balaban J connectivity index is 2.00. The number of nitrogen functional groups attached to an aromatic ring is 1. The Labute approximate surface area is 147 Å². The van der Waals surface area contributed by atoms with Crippen molar-refractivity contribution in [3.63, 3.8) is 0 Å². The quantitative estimate of drug-likeness (QED) is 0.706. The molecule has 5 nitrogen and oxygen atoms in total. The van der Waals surface area contributed by atoms with Crippen molar-refractivity contribution in [2.45, 2.75) is 5.75 Å². The maximum atomic E-state index is 10.8. The molecule has 0 amide bonds. The molecule has 0 spiro atoms. The Bertz CT molecular complexity index is 1030. The Kier molecular flexibility index (Phi) is 4.78. The van der Waals surface area contributed by atoms with Crippen molar-refractivity contribution in [1.29, 1.82) is 5.26 Å². The van der Waals surface area contributed by atoms with Gasteiger partial charge in [0.2, 0.25) is 0 Å². The Morgan fingerprint density at radius 3 is 2.44 bits per heavy atom. The number of hydrogen-bond donors (Lipinski definition) is 2. The summed E-state index contributed by atoms with van der Waals surface area (Å²) < 4.78 is 21.6. The predicted molar refractivity (Wildman–Crippen MR) is 98.3 cm³/mol. The van der Waals surface area contributed by atoms with Gasteiger partial charge in [0.15, 0.2) is 0 Å². The molecule has 0 aliphatic carbocycles. The molecule has 6 heteroatoms. The first-order chi connectivity index (χ1) is 12.1. The molecule has 2 aromatic carbocycles. The van der Waals surface area contributed by atoms with Crippen LogP contribution >= 0.6 is 0 Å². The van der Waals surface area contributed by atoms with Crippen LogP contribution in [0.1, 0.15) is 11.1 Å². The van der Waals surface area contributed by atoms with Crippen molar-refractivity contribution < 1.29 is 8.42 Å². The number of anilines is 1. The third kappa shape index (κ3) is 3.84. The Morgan fingerprint density at radius 2 is 1.76 bits per heavy atom. The van der Waals surface area contributed by atoms with Crippen molar-refractivity contribution in [1.82, 2.24) is 4.98 Å². The van der Waals surface area contributed by atoms with Gasteiger partial charge in [0.05, 0.1) is 17.4 Å². The second kappa shape index (κ2) is 7.16. The molecule has 0 fully saturated rings. The van der Waals surface area contributed by atoms with Gasteiger partial charge in [-0.2, -0.15) is 5.26 Å². The second-order valence-corrected chi connectivity index (χ2v) is 6.52. The van der Waals surface area contributed by atoms with Gasteiger partial charge < -0.3 is 5.73 Å². The topological polar surface area (TPSA) is 96.8 Å². The molecule has 3 rings (SSSR count). The van der Waals surface area contributed by atoms with E-state index in [0.29, 0.717) is 11.4 Å². The number of nitrogens with zero attached hydrogens (tertiary/aromatic N) is 2. The zero-order valence-electron chi connectivity index (χ0n) is 13.2. The van der Waals surface area contributed by atoms with Crippen LogP contribution in [-0.4, -0.2) is 13.4 Å². The van der Waals surface area contributed by atoms with Crippen LogP contribution in [-0.2, 0) is 16.5 Å². The molecule has 0 unspecified atom stereocenters. The van der Waals surface area contributed by atoms with E-state index in [0.717, 1.165) is 27.8 Å². The van der Waals surface area contributed by atoms with E-state index >= 15 is 0 Å². The van der Waals surface area contributed by atoms with Crippen molar-refractivity contribution in [3.8, 4) is 28.3 Å². The first kappa shape index (κ1) is 16.7. The van der Waals surface area contributed by atoms with E-state index in [4.69, 9.17) is 11.0 Å². The van der Waals surface area contributed by atoms with Crippen molar-refractivity contribution >= 4 is 16.5 Å². The van der Waals surface area contributed by atoms with Crippen LogP contribution in [0.4, 0.5) is 5.82 Å². The molecule has 124 valence electrons. The minimum atomic E-state index is -2.44. The molecular formula is C19H15N3O2S. The minimum absolute atomic E-state index is 0.0296. The van der Waals surface area contributed by atoms with Crippen LogP contribution in [0, 0.1) is 11.3 Å². The molecule has 0 saturated heterocycles. The standard InChI is InChI=1S/C19H15N3O2S/c20-10-14-2-1-3-16(8-14)18-9-17(11-22-19(18)21)15-6-4-13(5-7-15)12-25(23)24/h1-9,11,25H,12H2,(H2,21,22). The van der Waals surface area contributed by atoms with E-state index in [1.165, 1.54) is 0 Å². The number of pyridine rings is 1.